The molecule has 1 saturated carbocycles. The third kappa shape index (κ3) is 2.43. The van der Waals surface area contributed by atoms with E-state index < -0.39 is 10.2 Å². The first-order chi connectivity index (χ1) is 5.31. The van der Waals surface area contributed by atoms with Gasteiger partial charge in [-0.25, -0.2) is 5.14 Å². The van der Waals surface area contributed by atoms with Crippen molar-refractivity contribution >= 4 is 10.2 Å². The number of rotatable bonds is 2. The molecular formula is C7H16N2O2S. The van der Waals surface area contributed by atoms with E-state index in [9.17, 15) is 8.42 Å². The van der Waals surface area contributed by atoms with Crippen LogP contribution in [-0.4, -0.2) is 14.5 Å². The summed E-state index contributed by atoms with van der Waals surface area (Å²) in [6.45, 7) is 4.12. The minimum atomic E-state index is -3.53. The lowest BCUT2D eigenvalue weighted by molar-refractivity contribution is 0.313. The fourth-order valence-corrected chi connectivity index (χ4v) is 2.58. The Hall–Kier alpha value is -0.130. The fourth-order valence-electron chi connectivity index (χ4n) is 1.74. The molecule has 1 fully saturated rings. The van der Waals surface area contributed by atoms with Gasteiger partial charge in [-0.15, -0.1) is 0 Å². The largest absolute Gasteiger partial charge is 0.274 e. The summed E-state index contributed by atoms with van der Waals surface area (Å²) in [5.74, 6) is 0. The van der Waals surface area contributed by atoms with Crippen LogP contribution in [0.3, 0.4) is 0 Å². The SMILES string of the molecule is CC1(C)CCCC1NS(N)(=O)=O. The van der Waals surface area contributed by atoms with Gasteiger partial charge in [0.25, 0.3) is 10.2 Å². The molecule has 72 valence electrons. The Morgan fingerprint density at radius 3 is 2.42 bits per heavy atom. The van der Waals surface area contributed by atoms with Gasteiger partial charge in [0.2, 0.25) is 0 Å². The molecule has 4 nitrogen and oxygen atoms in total. The van der Waals surface area contributed by atoms with Gasteiger partial charge in [-0.2, -0.15) is 13.1 Å². The van der Waals surface area contributed by atoms with E-state index in [0.29, 0.717) is 0 Å². The van der Waals surface area contributed by atoms with Crippen LogP contribution in [0.5, 0.6) is 0 Å². The Kier molecular flexibility index (Phi) is 2.47. The molecule has 5 heteroatoms. The van der Waals surface area contributed by atoms with Crippen molar-refractivity contribution in [1.82, 2.24) is 4.72 Å². The molecule has 1 rings (SSSR count). The lowest BCUT2D eigenvalue weighted by atomic mass is 9.88. The highest BCUT2D eigenvalue weighted by Gasteiger charge is 2.35. The van der Waals surface area contributed by atoms with Gasteiger partial charge in [-0.05, 0) is 18.3 Å². The van der Waals surface area contributed by atoms with Crippen LogP contribution in [0.25, 0.3) is 0 Å². The van der Waals surface area contributed by atoms with E-state index in [1.54, 1.807) is 0 Å². The molecule has 0 aromatic heterocycles. The van der Waals surface area contributed by atoms with E-state index >= 15 is 0 Å². The van der Waals surface area contributed by atoms with Gasteiger partial charge in [0.05, 0.1) is 0 Å². The number of nitrogens with one attached hydrogen (secondary N) is 1. The van der Waals surface area contributed by atoms with Crippen molar-refractivity contribution in [3.63, 3.8) is 0 Å². The number of hydrogen-bond acceptors (Lipinski definition) is 2. The van der Waals surface area contributed by atoms with Crippen LogP contribution >= 0.6 is 0 Å². The first-order valence-corrected chi connectivity index (χ1v) is 5.66. The quantitative estimate of drug-likeness (QED) is 0.663. The van der Waals surface area contributed by atoms with Crippen molar-refractivity contribution in [2.45, 2.75) is 39.2 Å². The van der Waals surface area contributed by atoms with E-state index in [1.165, 1.54) is 0 Å². The molecule has 1 unspecified atom stereocenters. The van der Waals surface area contributed by atoms with Gasteiger partial charge in [0, 0.05) is 6.04 Å². The second-order valence-electron chi connectivity index (χ2n) is 4.10. The molecule has 0 heterocycles. The average Bonchev–Trinajstić information content (AvgIpc) is 2.07. The van der Waals surface area contributed by atoms with Crippen molar-refractivity contribution in [3.8, 4) is 0 Å². The topological polar surface area (TPSA) is 72.2 Å². The normalized spacial score (nSPS) is 29.1. The van der Waals surface area contributed by atoms with Crippen molar-refractivity contribution in [2.75, 3.05) is 0 Å². The lowest BCUT2D eigenvalue weighted by Gasteiger charge is -2.26. The average molecular weight is 192 g/mol. The highest BCUT2D eigenvalue weighted by Crippen LogP contribution is 2.37. The maximum Gasteiger partial charge on any atom is 0.274 e. The molecular weight excluding hydrogens is 176 g/mol. The van der Waals surface area contributed by atoms with Crippen LogP contribution in [0.15, 0.2) is 0 Å². The molecule has 0 aromatic carbocycles. The molecule has 0 spiro atoms. The van der Waals surface area contributed by atoms with Gasteiger partial charge in [-0.3, -0.25) is 0 Å². The summed E-state index contributed by atoms with van der Waals surface area (Å²) in [7, 11) is -3.53. The Bertz CT molecular complexity index is 259. The van der Waals surface area contributed by atoms with E-state index in [1.807, 2.05) is 0 Å². The highest BCUT2D eigenvalue weighted by molar-refractivity contribution is 7.87. The van der Waals surface area contributed by atoms with Crippen molar-refractivity contribution in [2.24, 2.45) is 10.6 Å². The van der Waals surface area contributed by atoms with Gasteiger partial charge in [-0.1, -0.05) is 20.3 Å². The van der Waals surface area contributed by atoms with Crippen molar-refractivity contribution < 1.29 is 8.42 Å². The minimum Gasteiger partial charge on any atom is -0.216 e. The maximum absolute atomic E-state index is 10.7. The van der Waals surface area contributed by atoms with Gasteiger partial charge >= 0.3 is 0 Å². The van der Waals surface area contributed by atoms with Crippen LogP contribution in [0, 0.1) is 5.41 Å². The van der Waals surface area contributed by atoms with E-state index in [0.717, 1.165) is 19.3 Å². The lowest BCUT2D eigenvalue weighted by Crippen LogP contribution is -2.44. The van der Waals surface area contributed by atoms with Crippen molar-refractivity contribution in [1.29, 1.82) is 0 Å². The summed E-state index contributed by atoms with van der Waals surface area (Å²) >= 11 is 0. The van der Waals surface area contributed by atoms with Crippen LogP contribution < -0.4 is 9.86 Å². The molecule has 1 aliphatic rings. The predicted molar refractivity (Wildman–Crippen MR) is 47.7 cm³/mol. The summed E-state index contributed by atoms with van der Waals surface area (Å²) in [4.78, 5) is 0. The zero-order chi connectivity index (χ0) is 9.41. The summed E-state index contributed by atoms with van der Waals surface area (Å²) in [5.41, 5.74) is 0.0481. The molecule has 0 saturated heterocycles. The summed E-state index contributed by atoms with van der Waals surface area (Å²) in [5, 5.41) is 4.90. The first kappa shape index (κ1) is 9.95. The smallest absolute Gasteiger partial charge is 0.216 e. The third-order valence-corrected chi connectivity index (χ3v) is 3.18. The van der Waals surface area contributed by atoms with Crippen LogP contribution in [0.1, 0.15) is 33.1 Å². The Morgan fingerprint density at radius 2 is 2.08 bits per heavy atom. The first-order valence-electron chi connectivity index (χ1n) is 4.11. The van der Waals surface area contributed by atoms with Gasteiger partial charge < -0.3 is 0 Å². The van der Waals surface area contributed by atoms with Gasteiger partial charge in [0.1, 0.15) is 0 Å². The van der Waals surface area contributed by atoms with E-state index in [2.05, 4.69) is 18.6 Å². The van der Waals surface area contributed by atoms with E-state index in [-0.39, 0.29) is 11.5 Å². The standard InChI is InChI=1S/C7H16N2O2S/c1-7(2)5-3-4-6(7)9-12(8,10)11/h6,9H,3-5H2,1-2H3,(H2,8,10,11). The molecule has 0 amide bonds. The summed E-state index contributed by atoms with van der Waals surface area (Å²) in [6, 6.07) is 0.00694. The molecule has 12 heavy (non-hydrogen) atoms. The molecule has 0 bridgehead atoms. The molecule has 0 aromatic rings. The second-order valence-corrected chi connectivity index (χ2v) is 5.42. The van der Waals surface area contributed by atoms with E-state index in [4.69, 9.17) is 5.14 Å². The van der Waals surface area contributed by atoms with Crippen LogP contribution in [0.4, 0.5) is 0 Å². The monoisotopic (exact) mass is 192 g/mol. The number of hydrogen-bond donors (Lipinski definition) is 2. The third-order valence-electron chi connectivity index (χ3n) is 2.56. The molecule has 1 aliphatic carbocycles. The molecule has 1 atom stereocenters. The molecule has 0 radical (unpaired) electrons. The second kappa shape index (κ2) is 2.97. The Balaban J connectivity index is 2.65. The Morgan fingerprint density at radius 1 is 1.50 bits per heavy atom. The molecule has 0 aliphatic heterocycles. The number of nitrogens with two attached hydrogens (primary N) is 1. The van der Waals surface area contributed by atoms with Crippen LogP contribution in [0.2, 0.25) is 0 Å². The maximum atomic E-state index is 10.7. The predicted octanol–water partition coefficient (Wildman–Crippen LogP) is 0.358. The summed E-state index contributed by atoms with van der Waals surface area (Å²) < 4.78 is 23.9. The molecule has 3 N–H and O–H groups in total. The van der Waals surface area contributed by atoms with Crippen molar-refractivity contribution in [3.05, 3.63) is 0 Å². The van der Waals surface area contributed by atoms with Gasteiger partial charge in [0.15, 0.2) is 0 Å². The Labute approximate surface area is 73.7 Å². The van der Waals surface area contributed by atoms with Crippen LogP contribution in [-0.2, 0) is 10.2 Å². The zero-order valence-electron chi connectivity index (χ0n) is 7.50. The summed E-state index contributed by atoms with van der Waals surface area (Å²) in [6.07, 6.45) is 3.02. The highest BCUT2D eigenvalue weighted by atomic mass is 32.2. The fraction of sp³-hybridized carbons (Fsp3) is 1.00. The minimum absolute atomic E-state index is 0.00694. The zero-order valence-corrected chi connectivity index (χ0v) is 8.32.